The van der Waals surface area contributed by atoms with E-state index in [0.29, 0.717) is 22.6 Å². The number of benzene rings is 1. The second-order valence-corrected chi connectivity index (χ2v) is 9.23. The zero-order valence-electron chi connectivity index (χ0n) is 19.3. The summed E-state index contributed by atoms with van der Waals surface area (Å²) in [5, 5.41) is 13.6. The normalized spacial score (nSPS) is 13.9. The van der Waals surface area contributed by atoms with Gasteiger partial charge in [-0.25, -0.2) is 4.98 Å². The molecule has 4 rings (SSSR count). The maximum absolute atomic E-state index is 13.0. The number of carbonyl (C=O) groups excluding carboxylic acids is 1. The highest BCUT2D eigenvalue weighted by atomic mass is 32.1. The SMILES string of the molecule is COc1cccc(OC)c1OCC(O)CNC(=O)CCn1cnc2sc3c(c2c1=O)CCCC3. The van der Waals surface area contributed by atoms with E-state index >= 15 is 0 Å². The van der Waals surface area contributed by atoms with E-state index in [4.69, 9.17) is 14.2 Å². The van der Waals surface area contributed by atoms with Crippen molar-refractivity contribution in [2.75, 3.05) is 27.4 Å². The quantitative estimate of drug-likeness (QED) is 0.451. The van der Waals surface area contributed by atoms with Gasteiger partial charge in [-0.1, -0.05) is 6.07 Å². The first-order valence-electron chi connectivity index (χ1n) is 11.3. The van der Waals surface area contributed by atoms with Gasteiger partial charge in [0, 0.05) is 24.4 Å². The molecule has 2 N–H and O–H groups in total. The molecule has 2 aromatic heterocycles. The zero-order chi connectivity index (χ0) is 24.1. The molecule has 34 heavy (non-hydrogen) atoms. The van der Waals surface area contributed by atoms with Gasteiger partial charge in [-0.05, 0) is 43.4 Å². The largest absolute Gasteiger partial charge is 0.493 e. The maximum atomic E-state index is 13.0. The third kappa shape index (κ3) is 5.18. The fourth-order valence-corrected chi connectivity index (χ4v) is 5.30. The molecule has 0 fully saturated rings. The van der Waals surface area contributed by atoms with Crippen LogP contribution < -0.4 is 25.1 Å². The Morgan fingerprint density at radius 3 is 2.71 bits per heavy atom. The number of hydrogen-bond donors (Lipinski definition) is 2. The molecule has 3 aromatic rings. The fraction of sp³-hybridized carbons (Fsp3) is 0.458. The Morgan fingerprint density at radius 2 is 1.97 bits per heavy atom. The van der Waals surface area contributed by atoms with Gasteiger partial charge in [0.25, 0.3) is 5.56 Å². The average Bonchev–Trinajstić information content (AvgIpc) is 3.24. The first kappa shape index (κ1) is 24.0. The Bertz CT molecular complexity index is 1200. The van der Waals surface area contributed by atoms with Gasteiger partial charge in [0.15, 0.2) is 11.5 Å². The Labute approximate surface area is 201 Å². The van der Waals surface area contributed by atoms with Gasteiger partial charge in [0.2, 0.25) is 11.7 Å². The summed E-state index contributed by atoms with van der Waals surface area (Å²) < 4.78 is 17.7. The molecule has 1 atom stereocenters. The van der Waals surface area contributed by atoms with Crippen molar-refractivity contribution in [1.29, 1.82) is 0 Å². The lowest BCUT2D eigenvalue weighted by Gasteiger charge is -2.17. The smallest absolute Gasteiger partial charge is 0.262 e. The van der Waals surface area contributed by atoms with Crippen LogP contribution in [0.3, 0.4) is 0 Å². The van der Waals surface area contributed by atoms with Crippen molar-refractivity contribution in [3.63, 3.8) is 0 Å². The van der Waals surface area contributed by atoms with Crippen molar-refractivity contribution in [2.45, 2.75) is 44.8 Å². The molecule has 0 aliphatic heterocycles. The predicted octanol–water partition coefficient (Wildman–Crippen LogP) is 2.30. The molecule has 0 radical (unpaired) electrons. The Morgan fingerprint density at radius 1 is 1.24 bits per heavy atom. The van der Waals surface area contributed by atoms with Crippen LogP contribution in [0.4, 0.5) is 0 Å². The van der Waals surface area contributed by atoms with Gasteiger partial charge in [-0.15, -0.1) is 11.3 Å². The van der Waals surface area contributed by atoms with Crippen LogP contribution in [0, 0.1) is 0 Å². The molecule has 1 unspecified atom stereocenters. The van der Waals surface area contributed by atoms with Crippen LogP contribution >= 0.6 is 11.3 Å². The summed E-state index contributed by atoms with van der Waals surface area (Å²) in [6.45, 7) is 0.185. The molecular weight excluding hydrogens is 458 g/mol. The van der Waals surface area contributed by atoms with Crippen molar-refractivity contribution in [3.8, 4) is 17.2 Å². The number of aryl methyl sites for hydroxylation is 3. The molecule has 0 bridgehead atoms. The van der Waals surface area contributed by atoms with E-state index in [9.17, 15) is 14.7 Å². The summed E-state index contributed by atoms with van der Waals surface area (Å²) in [4.78, 5) is 31.8. The molecule has 2 heterocycles. The zero-order valence-corrected chi connectivity index (χ0v) is 20.2. The lowest BCUT2D eigenvalue weighted by Crippen LogP contribution is -2.36. The van der Waals surface area contributed by atoms with E-state index < -0.39 is 6.10 Å². The number of aliphatic hydroxyl groups is 1. The number of thiophene rings is 1. The minimum absolute atomic E-state index is 0.0144. The second-order valence-electron chi connectivity index (χ2n) is 8.14. The number of methoxy groups -OCH3 is 2. The van der Waals surface area contributed by atoms with Gasteiger partial charge in [0.1, 0.15) is 17.5 Å². The number of para-hydroxylation sites is 1. The second kappa shape index (κ2) is 10.9. The third-order valence-corrected chi connectivity index (χ3v) is 7.06. The van der Waals surface area contributed by atoms with Gasteiger partial charge in [-0.2, -0.15) is 0 Å². The number of rotatable bonds is 10. The van der Waals surface area contributed by atoms with Gasteiger partial charge in [0.05, 0.1) is 25.9 Å². The van der Waals surface area contributed by atoms with Crippen LogP contribution in [-0.2, 0) is 24.2 Å². The van der Waals surface area contributed by atoms with Crippen LogP contribution in [0.1, 0.15) is 29.7 Å². The number of carbonyl (C=O) groups is 1. The molecular formula is C24H29N3O6S. The number of nitrogens with one attached hydrogen (secondary N) is 1. The summed E-state index contributed by atoms with van der Waals surface area (Å²) >= 11 is 1.61. The van der Waals surface area contributed by atoms with Crippen molar-refractivity contribution < 1.29 is 24.1 Å². The van der Waals surface area contributed by atoms with Crippen molar-refractivity contribution in [1.82, 2.24) is 14.9 Å². The fourth-order valence-electron chi connectivity index (χ4n) is 4.08. The molecule has 0 spiro atoms. The number of fused-ring (bicyclic) bond motifs is 3. The Hall–Kier alpha value is -3.11. The maximum Gasteiger partial charge on any atom is 0.262 e. The summed E-state index contributed by atoms with van der Waals surface area (Å²) in [5.74, 6) is 1.08. The molecule has 1 amide bonds. The monoisotopic (exact) mass is 487 g/mol. The van der Waals surface area contributed by atoms with E-state index in [1.54, 1.807) is 29.5 Å². The summed E-state index contributed by atoms with van der Waals surface area (Å²) in [6, 6.07) is 5.23. The summed E-state index contributed by atoms with van der Waals surface area (Å²) in [6.07, 6.45) is 4.85. The van der Waals surface area contributed by atoms with Crippen LogP contribution in [0.15, 0.2) is 29.3 Å². The Kier molecular flexibility index (Phi) is 7.69. The van der Waals surface area contributed by atoms with Crippen LogP contribution in [-0.4, -0.2) is 54.0 Å². The van der Waals surface area contributed by atoms with E-state index in [-0.39, 0.29) is 37.6 Å². The highest BCUT2D eigenvalue weighted by Gasteiger charge is 2.20. The average molecular weight is 488 g/mol. The van der Waals surface area contributed by atoms with E-state index in [1.165, 1.54) is 30.0 Å². The van der Waals surface area contributed by atoms with Gasteiger partial charge >= 0.3 is 0 Å². The molecule has 9 nitrogen and oxygen atoms in total. The molecule has 1 aliphatic carbocycles. The van der Waals surface area contributed by atoms with E-state index in [1.807, 2.05) is 0 Å². The molecule has 1 aromatic carbocycles. The van der Waals surface area contributed by atoms with E-state index in [2.05, 4.69) is 10.3 Å². The highest BCUT2D eigenvalue weighted by Crippen LogP contribution is 2.37. The van der Waals surface area contributed by atoms with Crippen molar-refractivity contribution >= 4 is 27.5 Å². The lowest BCUT2D eigenvalue weighted by molar-refractivity contribution is -0.121. The first-order chi connectivity index (χ1) is 16.5. The molecule has 182 valence electrons. The molecule has 10 heteroatoms. The number of aliphatic hydroxyl groups excluding tert-OH is 1. The van der Waals surface area contributed by atoms with Crippen LogP contribution in [0.25, 0.3) is 10.2 Å². The molecule has 0 saturated carbocycles. The number of hydrogen-bond acceptors (Lipinski definition) is 8. The lowest BCUT2D eigenvalue weighted by atomic mass is 9.97. The van der Waals surface area contributed by atoms with Gasteiger partial charge < -0.3 is 24.6 Å². The topological polar surface area (TPSA) is 112 Å². The van der Waals surface area contributed by atoms with Crippen molar-refractivity contribution in [3.05, 3.63) is 45.3 Å². The minimum Gasteiger partial charge on any atom is -0.493 e. The van der Waals surface area contributed by atoms with Crippen LogP contribution in [0.2, 0.25) is 0 Å². The first-order valence-corrected chi connectivity index (χ1v) is 12.1. The minimum atomic E-state index is -0.934. The van der Waals surface area contributed by atoms with E-state index in [0.717, 1.165) is 36.1 Å². The number of ether oxygens (including phenoxy) is 3. The van der Waals surface area contributed by atoms with Gasteiger partial charge in [-0.3, -0.25) is 14.2 Å². The Balaban J connectivity index is 1.29. The van der Waals surface area contributed by atoms with Crippen LogP contribution in [0.5, 0.6) is 17.2 Å². The standard InChI is InChI=1S/C24H29N3O6S/c1-31-17-7-5-8-18(32-2)22(17)33-13-15(28)12-25-20(29)10-11-27-14-26-23-21(24(27)30)16-6-3-4-9-19(16)34-23/h5,7-8,14-15,28H,3-4,6,9-13H2,1-2H3,(H,25,29). The summed E-state index contributed by atoms with van der Waals surface area (Å²) in [5.41, 5.74) is 1.05. The summed E-state index contributed by atoms with van der Waals surface area (Å²) in [7, 11) is 3.04. The number of amides is 1. The third-order valence-electron chi connectivity index (χ3n) is 5.86. The molecule has 1 aliphatic rings. The highest BCUT2D eigenvalue weighted by molar-refractivity contribution is 7.18. The number of aromatic nitrogens is 2. The molecule has 0 saturated heterocycles. The predicted molar refractivity (Wildman–Crippen MR) is 129 cm³/mol. The number of nitrogens with zero attached hydrogens (tertiary/aromatic N) is 2. The van der Waals surface area contributed by atoms with Crippen molar-refractivity contribution in [2.24, 2.45) is 0 Å².